The fourth-order valence-electron chi connectivity index (χ4n) is 2.76. The molecule has 130 valence electrons. The first-order valence-electron chi connectivity index (χ1n) is 8.37. The van der Waals surface area contributed by atoms with Crippen molar-refractivity contribution in [2.75, 3.05) is 11.9 Å². The van der Waals surface area contributed by atoms with Crippen molar-refractivity contribution in [1.82, 2.24) is 20.2 Å². The first-order chi connectivity index (χ1) is 12.2. The summed E-state index contributed by atoms with van der Waals surface area (Å²) in [5.74, 6) is 0.657. The Hall–Kier alpha value is -2.96. The smallest absolute Gasteiger partial charge is 0.319 e. The van der Waals surface area contributed by atoms with E-state index >= 15 is 0 Å². The van der Waals surface area contributed by atoms with Gasteiger partial charge >= 0.3 is 6.03 Å². The van der Waals surface area contributed by atoms with Gasteiger partial charge in [-0.3, -0.25) is 4.79 Å². The van der Waals surface area contributed by atoms with Crippen LogP contribution in [-0.2, 0) is 17.8 Å². The van der Waals surface area contributed by atoms with Gasteiger partial charge in [0.25, 0.3) is 0 Å². The molecule has 7 nitrogen and oxygen atoms in total. The van der Waals surface area contributed by atoms with Gasteiger partial charge in [0.05, 0.1) is 18.1 Å². The third-order valence-electron chi connectivity index (χ3n) is 4.10. The Balaban J connectivity index is 1.52. The zero-order chi connectivity index (χ0) is 17.6. The molecule has 2 N–H and O–H groups in total. The molecule has 1 atom stereocenters. The molecule has 3 amide bonds. The second kappa shape index (κ2) is 7.74. The summed E-state index contributed by atoms with van der Waals surface area (Å²) >= 11 is 0. The quantitative estimate of drug-likeness (QED) is 0.872. The summed E-state index contributed by atoms with van der Waals surface area (Å²) in [6.07, 6.45) is 4.46. The number of likely N-dealkylation sites (tertiary alicyclic amines) is 1. The molecule has 0 radical (unpaired) electrons. The summed E-state index contributed by atoms with van der Waals surface area (Å²) in [6.45, 7) is 3.15. The number of carbonyl (C=O) groups is 2. The number of urea groups is 1. The molecule has 1 aliphatic rings. The van der Waals surface area contributed by atoms with Crippen LogP contribution in [0.4, 0.5) is 10.5 Å². The van der Waals surface area contributed by atoms with E-state index in [0.29, 0.717) is 31.0 Å². The van der Waals surface area contributed by atoms with Gasteiger partial charge in [0.2, 0.25) is 5.91 Å². The molecular formula is C18H21N5O2. The van der Waals surface area contributed by atoms with Crippen LogP contribution in [0.3, 0.4) is 0 Å². The number of hydrogen-bond acceptors (Lipinski definition) is 4. The average molecular weight is 339 g/mol. The lowest BCUT2D eigenvalue weighted by Gasteiger charge is -2.17. The lowest BCUT2D eigenvalue weighted by Crippen LogP contribution is -2.43. The SMILES string of the molecule is CCc1ncc(NC(=O)N[C@H]2CCN(Cc3ccccc3)C2=O)cn1. The van der Waals surface area contributed by atoms with Crippen molar-refractivity contribution in [2.24, 2.45) is 0 Å². The van der Waals surface area contributed by atoms with E-state index in [0.717, 1.165) is 12.0 Å². The predicted molar refractivity (Wildman–Crippen MR) is 93.8 cm³/mol. The minimum Gasteiger partial charge on any atom is -0.336 e. The second-order valence-corrected chi connectivity index (χ2v) is 5.93. The first kappa shape index (κ1) is 16.9. The van der Waals surface area contributed by atoms with Crippen molar-refractivity contribution < 1.29 is 9.59 Å². The Labute approximate surface area is 146 Å². The van der Waals surface area contributed by atoms with E-state index in [2.05, 4.69) is 20.6 Å². The van der Waals surface area contributed by atoms with E-state index < -0.39 is 12.1 Å². The molecule has 7 heteroatoms. The molecule has 1 saturated heterocycles. The maximum absolute atomic E-state index is 12.4. The number of amides is 3. The highest BCUT2D eigenvalue weighted by atomic mass is 16.2. The van der Waals surface area contributed by atoms with Gasteiger partial charge in [-0.2, -0.15) is 0 Å². The number of aryl methyl sites for hydroxylation is 1. The van der Waals surface area contributed by atoms with E-state index in [1.165, 1.54) is 0 Å². The van der Waals surface area contributed by atoms with E-state index in [1.54, 1.807) is 17.3 Å². The fourth-order valence-corrected chi connectivity index (χ4v) is 2.76. The number of carbonyl (C=O) groups excluding carboxylic acids is 2. The molecule has 1 fully saturated rings. The van der Waals surface area contributed by atoms with Gasteiger partial charge in [0.15, 0.2) is 0 Å². The van der Waals surface area contributed by atoms with E-state index in [-0.39, 0.29) is 5.91 Å². The van der Waals surface area contributed by atoms with Gasteiger partial charge in [-0.1, -0.05) is 37.3 Å². The van der Waals surface area contributed by atoms with Crippen LogP contribution in [0.1, 0.15) is 24.7 Å². The number of benzene rings is 1. The summed E-state index contributed by atoms with van der Waals surface area (Å²) in [7, 11) is 0. The molecule has 0 aliphatic carbocycles. The number of nitrogens with zero attached hydrogens (tertiary/aromatic N) is 3. The highest BCUT2D eigenvalue weighted by Gasteiger charge is 2.32. The maximum atomic E-state index is 12.4. The van der Waals surface area contributed by atoms with Gasteiger partial charge < -0.3 is 15.5 Å². The molecule has 0 spiro atoms. The third kappa shape index (κ3) is 4.32. The summed E-state index contributed by atoms with van der Waals surface area (Å²) in [5, 5.41) is 5.38. The number of hydrogen-bond donors (Lipinski definition) is 2. The average Bonchev–Trinajstić information content (AvgIpc) is 2.96. The molecule has 3 rings (SSSR count). The van der Waals surface area contributed by atoms with Crippen molar-refractivity contribution in [3.8, 4) is 0 Å². The molecule has 1 aliphatic heterocycles. The van der Waals surface area contributed by atoms with E-state index in [1.807, 2.05) is 37.3 Å². The predicted octanol–water partition coefficient (Wildman–Crippen LogP) is 1.96. The molecule has 2 heterocycles. The standard InChI is InChI=1S/C18H21N5O2/c1-2-16-19-10-14(11-20-16)21-18(25)22-15-8-9-23(17(15)24)12-13-6-4-3-5-7-13/h3-7,10-11,15H,2,8-9,12H2,1H3,(H2,21,22,25)/t15-/m0/s1. The largest absolute Gasteiger partial charge is 0.336 e. The minimum absolute atomic E-state index is 0.0587. The van der Waals surface area contributed by atoms with Crippen LogP contribution in [0, 0.1) is 0 Å². The van der Waals surface area contributed by atoms with Crippen LogP contribution < -0.4 is 10.6 Å². The van der Waals surface area contributed by atoms with Crippen molar-refractivity contribution in [3.05, 3.63) is 54.1 Å². The maximum Gasteiger partial charge on any atom is 0.319 e. The molecule has 2 aromatic rings. The lowest BCUT2D eigenvalue weighted by atomic mass is 10.2. The molecule has 1 aromatic carbocycles. The number of nitrogens with one attached hydrogen (secondary N) is 2. The summed E-state index contributed by atoms with van der Waals surface area (Å²) < 4.78 is 0. The minimum atomic E-state index is -0.500. The van der Waals surface area contributed by atoms with Crippen molar-refractivity contribution >= 4 is 17.6 Å². The molecule has 0 unspecified atom stereocenters. The second-order valence-electron chi connectivity index (χ2n) is 5.93. The molecule has 25 heavy (non-hydrogen) atoms. The van der Waals surface area contributed by atoms with Crippen LogP contribution in [0.5, 0.6) is 0 Å². The highest BCUT2D eigenvalue weighted by Crippen LogP contribution is 2.15. The summed E-state index contributed by atoms with van der Waals surface area (Å²) in [6, 6.07) is 8.89. The number of rotatable bonds is 5. The van der Waals surface area contributed by atoms with Crippen LogP contribution >= 0.6 is 0 Å². The zero-order valence-electron chi connectivity index (χ0n) is 14.1. The Morgan fingerprint density at radius 1 is 1.24 bits per heavy atom. The first-order valence-corrected chi connectivity index (χ1v) is 8.37. The van der Waals surface area contributed by atoms with Crippen LogP contribution in [0.25, 0.3) is 0 Å². The van der Waals surface area contributed by atoms with Gasteiger partial charge in [0, 0.05) is 19.5 Å². The van der Waals surface area contributed by atoms with Gasteiger partial charge in [-0.25, -0.2) is 14.8 Å². The number of anilines is 1. The lowest BCUT2D eigenvalue weighted by molar-refractivity contribution is -0.129. The van der Waals surface area contributed by atoms with Crippen molar-refractivity contribution in [3.63, 3.8) is 0 Å². The highest BCUT2D eigenvalue weighted by molar-refractivity contribution is 5.94. The monoisotopic (exact) mass is 339 g/mol. The normalized spacial score (nSPS) is 16.8. The Kier molecular flexibility index (Phi) is 5.23. The molecule has 0 saturated carbocycles. The Morgan fingerprint density at radius 2 is 1.96 bits per heavy atom. The van der Waals surface area contributed by atoms with E-state index in [9.17, 15) is 9.59 Å². The number of aromatic nitrogens is 2. The summed E-state index contributed by atoms with van der Waals surface area (Å²) in [5.41, 5.74) is 1.58. The van der Waals surface area contributed by atoms with Crippen LogP contribution in [-0.4, -0.2) is 39.4 Å². The van der Waals surface area contributed by atoms with Gasteiger partial charge in [-0.05, 0) is 12.0 Å². The van der Waals surface area contributed by atoms with Gasteiger partial charge in [0.1, 0.15) is 11.9 Å². The van der Waals surface area contributed by atoms with Gasteiger partial charge in [-0.15, -0.1) is 0 Å². The van der Waals surface area contributed by atoms with Crippen LogP contribution in [0.15, 0.2) is 42.7 Å². The van der Waals surface area contributed by atoms with Crippen molar-refractivity contribution in [1.29, 1.82) is 0 Å². The topological polar surface area (TPSA) is 87.2 Å². The summed E-state index contributed by atoms with van der Waals surface area (Å²) in [4.78, 5) is 34.5. The molecule has 1 aromatic heterocycles. The molecule has 0 bridgehead atoms. The third-order valence-corrected chi connectivity index (χ3v) is 4.10. The fraction of sp³-hybridized carbons (Fsp3) is 0.333. The Bertz CT molecular complexity index is 733. The molecular weight excluding hydrogens is 318 g/mol. The van der Waals surface area contributed by atoms with Crippen molar-refractivity contribution in [2.45, 2.75) is 32.4 Å². The van der Waals surface area contributed by atoms with E-state index in [4.69, 9.17) is 0 Å². The Morgan fingerprint density at radius 3 is 2.64 bits per heavy atom. The van der Waals surface area contributed by atoms with Crippen LogP contribution in [0.2, 0.25) is 0 Å². The zero-order valence-corrected chi connectivity index (χ0v) is 14.1.